The molecule has 0 aromatic carbocycles. The summed E-state index contributed by atoms with van der Waals surface area (Å²) in [5.74, 6) is -3.77. The van der Waals surface area contributed by atoms with Crippen LogP contribution in [0, 0.1) is 0 Å². The number of carboxylic acid groups (broad SMARTS) is 1. The second-order valence-electron chi connectivity index (χ2n) is 3.99. The predicted octanol–water partition coefficient (Wildman–Crippen LogP) is -0.0117. The lowest BCUT2D eigenvalue weighted by molar-refractivity contribution is -0.175. The van der Waals surface area contributed by atoms with Crippen molar-refractivity contribution in [1.29, 1.82) is 0 Å². The highest BCUT2D eigenvalue weighted by atomic mass is 19.4. The van der Waals surface area contributed by atoms with E-state index >= 15 is 0 Å². The number of carbonyl (C=O) groups is 2. The molecule has 110 valence electrons. The van der Waals surface area contributed by atoms with Gasteiger partial charge in [-0.15, -0.1) is 0 Å². The Morgan fingerprint density at radius 1 is 1.32 bits per heavy atom. The van der Waals surface area contributed by atoms with Crippen molar-refractivity contribution in [3.05, 3.63) is 0 Å². The maximum Gasteiger partial charge on any atom is 0.471 e. The summed E-state index contributed by atoms with van der Waals surface area (Å²) in [5, 5.41) is 21.6. The highest BCUT2D eigenvalue weighted by Crippen LogP contribution is 2.15. The van der Waals surface area contributed by atoms with Gasteiger partial charge in [0.2, 0.25) is 0 Å². The molecule has 0 aliphatic rings. The second kappa shape index (κ2) is 8.00. The lowest BCUT2D eigenvalue weighted by Crippen LogP contribution is -2.46. The van der Waals surface area contributed by atoms with E-state index in [0.29, 0.717) is 19.4 Å². The van der Waals surface area contributed by atoms with Crippen LogP contribution in [0.15, 0.2) is 0 Å². The van der Waals surface area contributed by atoms with E-state index in [2.05, 4.69) is 5.23 Å². The molecule has 0 aromatic heterocycles. The Morgan fingerprint density at radius 3 is 2.32 bits per heavy atom. The summed E-state index contributed by atoms with van der Waals surface area (Å²) in [6.07, 6.45) is -4.44. The predicted molar refractivity (Wildman–Crippen MR) is 61.3 cm³/mol. The van der Waals surface area contributed by atoms with Crippen LogP contribution in [0.5, 0.6) is 0 Å². The normalized spacial score (nSPS) is 12.9. The van der Waals surface area contributed by atoms with Crippen LogP contribution >= 0.6 is 0 Å². The van der Waals surface area contributed by atoms with E-state index in [0.717, 1.165) is 0 Å². The number of carboxylic acids is 1. The van der Waals surface area contributed by atoms with E-state index < -0.39 is 31.1 Å². The number of nitrogens with one attached hydrogen (secondary N) is 2. The molecule has 0 aliphatic carbocycles. The third-order valence-corrected chi connectivity index (χ3v) is 2.22. The molecule has 0 heterocycles. The fraction of sp³-hybridized carbons (Fsp3) is 0.778. The zero-order valence-corrected chi connectivity index (χ0v) is 10.3. The van der Waals surface area contributed by atoms with Gasteiger partial charge in [-0.1, -0.05) is 0 Å². The first-order valence-electron chi connectivity index (χ1n) is 5.66. The molecule has 0 aliphatic heterocycles. The average Bonchev–Trinajstić information content (AvgIpc) is 2.24. The fourth-order valence-corrected chi connectivity index (χ4v) is 1.28. The van der Waals surface area contributed by atoms with Gasteiger partial charge in [-0.05, 0) is 32.6 Å². The second-order valence-corrected chi connectivity index (χ2v) is 3.99. The van der Waals surface area contributed by atoms with Crippen molar-refractivity contribution in [1.82, 2.24) is 10.5 Å². The van der Waals surface area contributed by atoms with Crippen molar-refractivity contribution in [2.24, 2.45) is 0 Å². The average molecular weight is 284 g/mol. The first-order valence-corrected chi connectivity index (χ1v) is 5.66. The van der Waals surface area contributed by atoms with Crippen LogP contribution in [0.2, 0.25) is 6.82 Å². The summed E-state index contributed by atoms with van der Waals surface area (Å²) >= 11 is 0. The number of rotatable bonds is 8. The van der Waals surface area contributed by atoms with Crippen LogP contribution in [-0.4, -0.2) is 47.8 Å². The van der Waals surface area contributed by atoms with Gasteiger partial charge in [0.15, 0.2) is 0 Å². The lowest BCUT2D eigenvalue weighted by atomic mass is 9.89. The van der Waals surface area contributed by atoms with E-state index in [1.54, 1.807) is 0 Å². The number of unbranched alkanes of at least 4 members (excludes halogenated alkanes) is 1. The van der Waals surface area contributed by atoms with Crippen molar-refractivity contribution in [3.63, 3.8) is 0 Å². The Morgan fingerprint density at radius 2 is 1.89 bits per heavy atom. The van der Waals surface area contributed by atoms with Gasteiger partial charge in [0, 0.05) is 0 Å². The molecule has 0 radical (unpaired) electrons. The van der Waals surface area contributed by atoms with Gasteiger partial charge >= 0.3 is 25.1 Å². The van der Waals surface area contributed by atoms with Crippen LogP contribution in [0.1, 0.15) is 19.3 Å². The number of halogens is 3. The first kappa shape index (κ1) is 17.7. The summed E-state index contributed by atoms with van der Waals surface area (Å²) in [5.41, 5.74) is 0. The molecule has 0 saturated heterocycles. The zero-order valence-electron chi connectivity index (χ0n) is 10.3. The molecule has 1 unspecified atom stereocenters. The maximum absolute atomic E-state index is 12.0. The van der Waals surface area contributed by atoms with Gasteiger partial charge in [-0.25, -0.2) is 4.79 Å². The molecule has 6 nitrogen and oxygen atoms in total. The summed E-state index contributed by atoms with van der Waals surface area (Å²) in [6, 6.07) is -1.57. The van der Waals surface area contributed by atoms with Crippen LogP contribution in [0.25, 0.3) is 0 Å². The minimum atomic E-state index is -5.10. The molecular weight excluding hydrogens is 268 g/mol. The van der Waals surface area contributed by atoms with Crippen LogP contribution in [0.4, 0.5) is 13.2 Å². The van der Waals surface area contributed by atoms with E-state index in [1.165, 1.54) is 12.1 Å². The van der Waals surface area contributed by atoms with E-state index in [-0.39, 0.29) is 6.42 Å². The number of aliphatic carboxylic acids is 1. The highest BCUT2D eigenvalue weighted by Gasteiger charge is 2.40. The Balaban J connectivity index is 4.08. The number of hydrogen-bond acceptors (Lipinski definition) is 4. The largest absolute Gasteiger partial charge is 0.480 e. The van der Waals surface area contributed by atoms with Gasteiger partial charge in [-0.3, -0.25) is 4.79 Å². The number of amides is 1. The van der Waals surface area contributed by atoms with Gasteiger partial charge in [0.25, 0.3) is 0 Å². The third-order valence-electron chi connectivity index (χ3n) is 2.22. The van der Waals surface area contributed by atoms with Gasteiger partial charge in [0.1, 0.15) is 6.04 Å². The highest BCUT2D eigenvalue weighted by molar-refractivity contribution is 6.45. The first-order chi connectivity index (χ1) is 8.64. The lowest BCUT2D eigenvalue weighted by Gasteiger charge is -2.15. The van der Waals surface area contributed by atoms with E-state index in [4.69, 9.17) is 10.1 Å². The van der Waals surface area contributed by atoms with Gasteiger partial charge < -0.3 is 20.7 Å². The van der Waals surface area contributed by atoms with Crippen molar-refractivity contribution >= 4 is 18.9 Å². The van der Waals surface area contributed by atoms with Crippen molar-refractivity contribution in [3.8, 4) is 0 Å². The molecule has 0 rings (SSSR count). The smallest absolute Gasteiger partial charge is 0.471 e. The molecule has 1 amide bonds. The number of alkyl halides is 3. The zero-order chi connectivity index (χ0) is 15.1. The Labute approximate surface area is 108 Å². The summed E-state index contributed by atoms with van der Waals surface area (Å²) < 4.78 is 35.9. The Hall–Kier alpha value is -1.29. The molecule has 1 atom stereocenters. The van der Waals surface area contributed by atoms with Crippen molar-refractivity contribution in [2.45, 2.75) is 38.3 Å². The van der Waals surface area contributed by atoms with Crippen molar-refractivity contribution < 1.29 is 32.9 Å². The Kier molecular flexibility index (Phi) is 7.46. The quantitative estimate of drug-likeness (QED) is 0.371. The summed E-state index contributed by atoms with van der Waals surface area (Å²) in [4.78, 5) is 21.3. The standard InChI is InChI=1S/C9H16BF3N2O4/c1-10(19)14-5-3-2-4-6(7(16)17)15-8(18)9(11,12)13/h6,14,19H,2-5H2,1H3,(H,15,18)(H,16,17). The van der Waals surface area contributed by atoms with E-state index in [1.807, 2.05) is 0 Å². The minimum absolute atomic E-state index is 0.112. The third kappa shape index (κ3) is 8.43. The minimum Gasteiger partial charge on any atom is -0.480 e. The summed E-state index contributed by atoms with van der Waals surface area (Å²) in [6.45, 7) is 1.90. The molecule has 4 N–H and O–H groups in total. The topological polar surface area (TPSA) is 98.7 Å². The van der Waals surface area contributed by atoms with Crippen molar-refractivity contribution in [2.75, 3.05) is 6.54 Å². The Bertz CT molecular complexity index is 312. The molecule has 10 heteroatoms. The van der Waals surface area contributed by atoms with Crippen LogP contribution in [-0.2, 0) is 9.59 Å². The van der Waals surface area contributed by atoms with Gasteiger partial charge in [0.05, 0.1) is 0 Å². The summed E-state index contributed by atoms with van der Waals surface area (Å²) in [7, 11) is -0.708. The SMILES string of the molecule is CB(O)NCCCCC(NC(=O)C(F)(F)F)C(=O)O. The monoisotopic (exact) mass is 284 g/mol. The number of hydrogen-bond donors (Lipinski definition) is 4. The molecule has 19 heavy (non-hydrogen) atoms. The molecule has 0 bridgehead atoms. The molecule has 0 saturated carbocycles. The molecule has 0 fully saturated rings. The fourth-order valence-electron chi connectivity index (χ4n) is 1.28. The van der Waals surface area contributed by atoms with Crippen LogP contribution in [0.3, 0.4) is 0 Å². The molecule has 0 spiro atoms. The maximum atomic E-state index is 12.0. The van der Waals surface area contributed by atoms with Crippen LogP contribution < -0.4 is 10.5 Å². The van der Waals surface area contributed by atoms with Gasteiger partial charge in [-0.2, -0.15) is 13.2 Å². The van der Waals surface area contributed by atoms with E-state index in [9.17, 15) is 22.8 Å². The molecular formula is C9H16BF3N2O4. The number of carbonyl (C=O) groups excluding carboxylic acids is 1. The molecule has 0 aromatic rings.